The smallest absolute Gasteiger partial charge is 0.224 e. The first kappa shape index (κ1) is 14.1. The van der Waals surface area contributed by atoms with E-state index < -0.39 is 0 Å². The predicted molar refractivity (Wildman–Crippen MR) is 81.1 cm³/mol. The topological polar surface area (TPSA) is 59.1 Å². The first-order valence-electron chi connectivity index (χ1n) is 6.64. The van der Waals surface area contributed by atoms with E-state index in [9.17, 15) is 0 Å². The Bertz CT molecular complexity index is 540. The highest BCUT2D eigenvalue weighted by molar-refractivity contribution is 5.41. The van der Waals surface area contributed by atoms with Gasteiger partial charge < -0.3 is 15.4 Å². The molecule has 0 atom stereocenters. The van der Waals surface area contributed by atoms with Gasteiger partial charge in [0.1, 0.15) is 11.6 Å². The zero-order valence-corrected chi connectivity index (χ0v) is 12.1. The van der Waals surface area contributed by atoms with E-state index in [0.717, 1.165) is 11.6 Å². The molecular weight excluding hydrogens is 252 g/mol. The number of anilines is 2. The number of hydrogen-bond donors (Lipinski definition) is 2. The molecule has 0 fully saturated rings. The molecule has 0 unspecified atom stereocenters. The molecule has 0 saturated heterocycles. The summed E-state index contributed by atoms with van der Waals surface area (Å²) in [5.41, 5.74) is 1.17. The van der Waals surface area contributed by atoms with E-state index in [0.29, 0.717) is 18.5 Å². The molecule has 1 heterocycles. The zero-order valence-electron chi connectivity index (χ0n) is 12.1. The molecule has 106 valence electrons. The van der Waals surface area contributed by atoms with Gasteiger partial charge in [0.15, 0.2) is 0 Å². The molecule has 0 aliphatic heterocycles. The molecule has 5 nitrogen and oxygen atoms in total. The second-order valence-electron chi connectivity index (χ2n) is 4.77. The summed E-state index contributed by atoms with van der Waals surface area (Å²) in [6, 6.07) is 10.1. The summed E-state index contributed by atoms with van der Waals surface area (Å²) in [5.74, 6) is 2.30. The van der Waals surface area contributed by atoms with Crippen molar-refractivity contribution < 1.29 is 4.74 Å². The van der Waals surface area contributed by atoms with E-state index in [-0.39, 0.29) is 0 Å². The molecule has 1 aromatic carbocycles. The third-order valence-electron chi connectivity index (χ3n) is 2.71. The first-order valence-corrected chi connectivity index (χ1v) is 6.64. The van der Waals surface area contributed by atoms with Gasteiger partial charge in [-0.25, -0.2) is 4.98 Å². The van der Waals surface area contributed by atoms with E-state index in [2.05, 4.69) is 34.4 Å². The molecule has 0 aliphatic rings. The lowest BCUT2D eigenvalue weighted by Gasteiger charge is -2.10. The Morgan fingerprint density at radius 3 is 2.55 bits per heavy atom. The number of nitrogens with one attached hydrogen (secondary N) is 2. The van der Waals surface area contributed by atoms with Crippen LogP contribution >= 0.6 is 0 Å². The van der Waals surface area contributed by atoms with Crippen molar-refractivity contribution in [3.05, 3.63) is 42.1 Å². The molecule has 0 saturated carbocycles. The van der Waals surface area contributed by atoms with Gasteiger partial charge in [0, 0.05) is 18.8 Å². The largest absolute Gasteiger partial charge is 0.497 e. The van der Waals surface area contributed by atoms with Gasteiger partial charge in [-0.15, -0.1) is 0 Å². The standard InChI is InChI=1S/C15H20N4O/c1-11(2)18-15-16-9-8-14(19-15)17-10-12-4-6-13(20-3)7-5-12/h4-9,11H,10H2,1-3H3,(H2,16,17,18,19). The van der Waals surface area contributed by atoms with E-state index in [1.165, 1.54) is 5.56 Å². The number of rotatable bonds is 6. The van der Waals surface area contributed by atoms with Crippen molar-refractivity contribution in [2.24, 2.45) is 0 Å². The van der Waals surface area contributed by atoms with Crippen LogP contribution in [0.25, 0.3) is 0 Å². The Kier molecular flexibility index (Phi) is 4.76. The fraction of sp³-hybridized carbons (Fsp3) is 0.333. The summed E-state index contributed by atoms with van der Waals surface area (Å²) in [5, 5.41) is 6.46. The van der Waals surface area contributed by atoms with Gasteiger partial charge in [-0.2, -0.15) is 4.98 Å². The molecule has 2 N–H and O–H groups in total. The lowest BCUT2D eigenvalue weighted by Crippen LogP contribution is -2.13. The van der Waals surface area contributed by atoms with Crippen molar-refractivity contribution in [2.75, 3.05) is 17.7 Å². The van der Waals surface area contributed by atoms with Crippen molar-refractivity contribution in [2.45, 2.75) is 26.4 Å². The van der Waals surface area contributed by atoms with Gasteiger partial charge in [0.25, 0.3) is 0 Å². The SMILES string of the molecule is COc1ccc(CNc2ccnc(NC(C)C)n2)cc1. The Labute approximate surface area is 119 Å². The summed E-state index contributed by atoms with van der Waals surface area (Å²) in [7, 11) is 1.66. The second-order valence-corrected chi connectivity index (χ2v) is 4.77. The van der Waals surface area contributed by atoms with E-state index in [1.54, 1.807) is 13.3 Å². The van der Waals surface area contributed by atoms with Crippen LogP contribution in [-0.4, -0.2) is 23.1 Å². The molecule has 1 aromatic heterocycles. The minimum Gasteiger partial charge on any atom is -0.497 e. The summed E-state index contributed by atoms with van der Waals surface area (Å²) in [6.45, 7) is 4.82. The lowest BCUT2D eigenvalue weighted by molar-refractivity contribution is 0.414. The Morgan fingerprint density at radius 2 is 1.90 bits per heavy atom. The van der Waals surface area contributed by atoms with Crippen molar-refractivity contribution in [3.63, 3.8) is 0 Å². The maximum Gasteiger partial charge on any atom is 0.224 e. The maximum absolute atomic E-state index is 5.14. The van der Waals surface area contributed by atoms with Crippen LogP contribution in [0, 0.1) is 0 Å². The number of nitrogens with zero attached hydrogens (tertiary/aromatic N) is 2. The van der Waals surface area contributed by atoms with Crippen molar-refractivity contribution in [1.29, 1.82) is 0 Å². The number of ether oxygens (including phenoxy) is 1. The second kappa shape index (κ2) is 6.75. The molecule has 2 rings (SSSR count). The minimum atomic E-state index is 0.312. The zero-order chi connectivity index (χ0) is 14.4. The Morgan fingerprint density at radius 1 is 1.15 bits per heavy atom. The van der Waals surface area contributed by atoms with Crippen LogP contribution in [-0.2, 0) is 6.54 Å². The minimum absolute atomic E-state index is 0.312. The first-order chi connectivity index (χ1) is 9.67. The monoisotopic (exact) mass is 272 g/mol. The van der Waals surface area contributed by atoms with Crippen LogP contribution in [0.4, 0.5) is 11.8 Å². The normalized spacial score (nSPS) is 10.4. The highest BCUT2D eigenvalue weighted by Gasteiger charge is 2.01. The van der Waals surface area contributed by atoms with Crippen LogP contribution in [0.3, 0.4) is 0 Å². The summed E-state index contributed by atoms with van der Waals surface area (Å²) in [4.78, 5) is 8.58. The Balaban J connectivity index is 1.95. The number of aromatic nitrogens is 2. The third-order valence-corrected chi connectivity index (χ3v) is 2.71. The molecule has 0 amide bonds. The van der Waals surface area contributed by atoms with E-state index >= 15 is 0 Å². The van der Waals surface area contributed by atoms with Crippen LogP contribution in [0.1, 0.15) is 19.4 Å². The molecule has 0 aliphatic carbocycles. The average Bonchev–Trinajstić information content (AvgIpc) is 2.45. The average molecular weight is 272 g/mol. The van der Waals surface area contributed by atoms with Crippen LogP contribution < -0.4 is 15.4 Å². The van der Waals surface area contributed by atoms with E-state index in [1.807, 2.05) is 30.3 Å². The summed E-state index contributed by atoms with van der Waals surface area (Å²) in [6.07, 6.45) is 1.74. The van der Waals surface area contributed by atoms with Gasteiger partial charge in [-0.05, 0) is 37.6 Å². The molecule has 20 heavy (non-hydrogen) atoms. The van der Waals surface area contributed by atoms with Crippen molar-refractivity contribution in [3.8, 4) is 5.75 Å². The summed E-state index contributed by atoms with van der Waals surface area (Å²) >= 11 is 0. The van der Waals surface area contributed by atoms with Gasteiger partial charge >= 0.3 is 0 Å². The lowest BCUT2D eigenvalue weighted by atomic mass is 10.2. The van der Waals surface area contributed by atoms with E-state index in [4.69, 9.17) is 4.74 Å². The molecule has 0 spiro atoms. The van der Waals surface area contributed by atoms with Crippen LogP contribution in [0.5, 0.6) is 5.75 Å². The molecule has 0 radical (unpaired) electrons. The van der Waals surface area contributed by atoms with Crippen LogP contribution in [0.2, 0.25) is 0 Å². The number of hydrogen-bond acceptors (Lipinski definition) is 5. The number of methoxy groups -OCH3 is 1. The van der Waals surface area contributed by atoms with Gasteiger partial charge in [-0.1, -0.05) is 12.1 Å². The third kappa shape index (κ3) is 4.12. The number of benzene rings is 1. The highest BCUT2D eigenvalue weighted by atomic mass is 16.5. The molecular formula is C15H20N4O. The maximum atomic E-state index is 5.14. The quantitative estimate of drug-likeness (QED) is 0.846. The highest BCUT2D eigenvalue weighted by Crippen LogP contribution is 2.13. The molecule has 0 bridgehead atoms. The fourth-order valence-electron chi connectivity index (χ4n) is 1.72. The van der Waals surface area contributed by atoms with Crippen molar-refractivity contribution in [1.82, 2.24) is 9.97 Å². The van der Waals surface area contributed by atoms with Crippen molar-refractivity contribution >= 4 is 11.8 Å². The summed E-state index contributed by atoms with van der Waals surface area (Å²) < 4.78 is 5.14. The Hall–Kier alpha value is -2.30. The predicted octanol–water partition coefficient (Wildman–Crippen LogP) is 2.92. The van der Waals surface area contributed by atoms with Gasteiger partial charge in [0.05, 0.1) is 7.11 Å². The van der Waals surface area contributed by atoms with Crippen LogP contribution in [0.15, 0.2) is 36.5 Å². The molecule has 2 aromatic rings. The van der Waals surface area contributed by atoms with Gasteiger partial charge in [-0.3, -0.25) is 0 Å². The molecule has 5 heteroatoms. The van der Waals surface area contributed by atoms with Gasteiger partial charge in [0.2, 0.25) is 5.95 Å². The fourth-order valence-corrected chi connectivity index (χ4v) is 1.72.